The van der Waals surface area contributed by atoms with Gasteiger partial charge in [-0.1, -0.05) is 30.3 Å². The summed E-state index contributed by atoms with van der Waals surface area (Å²) < 4.78 is 35.9. The van der Waals surface area contributed by atoms with E-state index in [9.17, 15) is 13.2 Å². The second-order valence-electron chi connectivity index (χ2n) is 6.43. The zero-order chi connectivity index (χ0) is 20.9. The average Bonchev–Trinajstić information content (AvgIpc) is 2.67. The van der Waals surface area contributed by atoms with Gasteiger partial charge in [0.05, 0.1) is 26.5 Å². The van der Waals surface area contributed by atoms with Gasteiger partial charge in [-0.2, -0.15) is 4.31 Å². The van der Waals surface area contributed by atoms with Crippen molar-refractivity contribution in [3.8, 4) is 11.5 Å². The van der Waals surface area contributed by atoms with Crippen LogP contribution in [0, 0.1) is 0 Å². The quantitative estimate of drug-likeness (QED) is 0.728. The van der Waals surface area contributed by atoms with Gasteiger partial charge < -0.3 is 14.8 Å². The Balaban J connectivity index is 2.36. The summed E-state index contributed by atoms with van der Waals surface area (Å²) in [6, 6.07) is 12.7. The van der Waals surface area contributed by atoms with Gasteiger partial charge in [-0.3, -0.25) is 4.79 Å². The summed E-state index contributed by atoms with van der Waals surface area (Å²) in [6.07, 6.45) is 1.07. The van der Waals surface area contributed by atoms with E-state index in [1.165, 1.54) is 7.05 Å². The van der Waals surface area contributed by atoms with E-state index in [2.05, 4.69) is 5.32 Å². The topological polar surface area (TPSA) is 84.9 Å². The maximum absolute atomic E-state index is 13.1. The van der Waals surface area contributed by atoms with E-state index >= 15 is 0 Å². The van der Waals surface area contributed by atoms with E-state index in [1.807, 2.05) is 6.07 Å². The zero-order valence-corrected chi connectivity index (χ0v) is 17.5. The lowest BCUT2D eigenvalue weighted by atomic mass is 10.0. The Labute approximate surface area is 166 Å². The normalized spacial score (nSPS) is 13.6. The molecule has 2 aromatic carbocycles. The van der Waals surface area contributed by atoms with Crippen LogP contribution < -0.4 is 14.8 Å². The molecule has 0 unspecified atom stereocenters. The number of hydrogen-bond donors (Lipinski definition) is 1. The van der Waals surface area contributed by atoms with Gasteiger partial charge in [0.1, 0.15) is 17.5 Å². The van der Waals surface area contributed by atoms with Gasteiger partial charge in [-0.05, 0) is 30.7 Å². The Hall–Kier alpha value is -2.58. The molecule has 0 bridgehead atoms. The lowest BCUT2D eigenvalue weighted by molar-refractivity contribution is -0.125. The molecule has 2 rings (SSSR count). The van der Waals surface area contributed by atoms with Gasteiger partial charge in [-0.25, -0.2) is 8.42 Å². The zero-order valence-electron chi connectivity index (χ0n) is 16.7. The first kappa shape index (κ1) is 21.7. The highest BCUT2D eigenvalue weighted by molar-refractivity contribution is 7.88. The fourth-order valence-electron chi connectivity index (χ4n) is 2.90. The number of amides is 1. The van der Waals surface area contributed by atoms with Crippen molar-refractivity contribution in [2.24, 2.45) is 0 Å². The highest BCUT2D eigenvalue weighted by Crippen LogP contribution is 2.30. The van der Waals surface area contributed by atoms with Gasteiger partial charge in [0, 0.05) is 12.6 Å². The minimum atomic E-state index is -3.59. The predicted octanol–water partition coefficient (Wildman–Crippen LogP) is 2.51. The molecule has 0 aliphatic heterocycles. The lowest BCUT2D eigenvalue weighted by Gasteiger charge is -2.27. The largest absolute Gasteiger partial charge is 0.497 e. The number of ether oxygens (including phenoxy) is 2. The number of hydrogen-bond acceptors (Lipinski definition) is 5. The third kappa shape index (κ3) is 5.02. The van der Waals surface area contributed by atoms with Crippen LogP contribution in [0.4, 0.5) is 0 Å². The maximum Gasteiger partial charge on any atom is 0.243 e. The summed E-state index contributed by atoms with van der Waals surface area (Å²) in [7, 11) is 0.903. The van der Waals surface area contributed by atoms with Gasteiger partial charge in [0.2, 0.25) is 15.9 Å². The van der Waals surface area contributed by atoms with Crippen molar-refractivity contribution in [2.75, 3.05) is 27.5 Å². The van der Waals surface area contributed by atoms with Crippen LogP contribution in [-0.2, 0) is 14.8 Å². The molecular weight excluding hydrogens is 380 g/mol. The highest BCUT2D eigenvalue weighted by Gasteiger charge is 2.31. The Morgan fingerprint density at radius 1 is 1.07 bits per heavy atom. The monoisotopic (exact) mass is 406 g/mol. The smallest absolute Gasteiger partial charge is 0.243 e. The van der Waals surface area contributed by atoms with Crippen molar-refractivity contribution < 1.29 is 22.7 Å². The number of carbonyl (C=O) groups is 1. The molecule has 1 N–H and O–H groups in total. The third-order valence-electron chi connectivity index (χ3n) is 4.51. The van der Waals surface area contributed by atoms with Crippen LogP contribution in [0.25, 0.3) is 0 Å². The Kier molecular flexibility index (Phi) is 7.04. The molecule has 7 nitrogen and oxygen atoms in total. The van der Waals surface area contributed by atoms with E-state index in [0.29, 0.717) is 17.1 Å². The molecule has 1 amide bonds. The summed E-state index contributed by atoms with van der Waals surface area (Å²) in [6.45, 7) is 1.80. The molecule has 8 heteroatoms. The number of sulfonamides is 1. The minimum absolute atomic E-state index is 0.434. The number of likely N-dealkylation sites (N-methyl/N-ethyl adjacent to an activating group) is 1. The van der Waals surface area contributed by atoms with Crippen LogP contribution in [0.3, 0.4) is 0 Å². The average molecular weight is 407 g/mol. The van der Waals surface area contributed by atoms with Crippen molar-refractivity contribution in [3.05, 3.63) is 59.7 Å². The van der Waals surface area contributed by atoms with Crippen molar-refractivity contribution in [1.82, 2.24) is 9.62 Å². The second-order valence-corrected chi connectivity index (χ2v) is 8.47. The lowest BCUT2D eigenvalue weighted by Crippen LogP contribution is -2.42. The summed E-state index contributed by atoms with van der Waals surface area (Å²) in [4.78, 5) is 13.1. The van der Waals surface area contributed by atoms with Crippen molar-refractivity contribution in [1.29, 1.82) is 0 Å². The summed E-state index contributed by atoms with van der Waals surface area (Å²) in [5.41, 5.74) is 1.31. The first-order valence-corrected chi connectivity index (χ1v) is 10.5. The number of carbonyl (C=O) groups excluding carboxylic acids is 1. The fourth-order valence-corrected chi connectivity index (χ4v) is 3.50. The molecule has 2 atom stereocenters. The van der Waals surface area contributed by atoms with Crippen LogP contribution in [0.1, 0.15) is 30.1 Å². The molecule has 0 aliphatic rings. The number of methoxy groups -OCH3 is 2. The maximum atomic E-state index is 13.1. The van der Waals surface area contributed by atoms with E-state index in [-0.39, 0.29) is 0 Å². The van der Waals surface area contributed by atoms with Crippen LogP contribution >= 0.6 is 0 Å². The molecular formula is C20H26N2O5S. The first-order chi connectivity index (χ1) is 13.2. The number of nitrogens with zero attached hydrogens (tertiary/aromatic N) is 1. The second kappa shape index (κ2) is 9.07. The highest BCUT2D eigenvalue weighted by atomic mass is 32.2. The molecule has 2 aromatic rings. The molecule has 0 saturated heterocycles. The Morgan fingerprint density at radius 2 is 1.71 bits per heavy atom. The molecule has 0 fully saturated rings. The van der Waals surface area contributed by atoms with E-state index in [0.717, 1.165) is 16.1 Å². The third-order valence-corrected chi connectivity index (χ3v) is 5.77. The first-order valence-electron chi connectivity index (χ1n) is 8.69. The van der Waals surface area contributed by atoms with E-state index in [4.69, 9.17) is 9.47 Å². The molecule has 0 heterocycles. The molecule has 0 aliphatic carbocycles. The van der Waals surface area contributed by atoms with Crippen LogP contribution in [0.15, 0.2) is 48.5 Å². The molecule has 0 radical (unpaired) electrons. The van der Waals surface area contributed by atoms with Crippen molar-refractivity contribution >= 4 is 15.9 Å². The van der Waals surface area contributed by atoms with E-state index < -0.39 is 28.0 Å². The number of nitrogens with one attached hydrogen (secondary N) is 1. The van der Waals surface area contributed by atoms with Gasteiger partial charge in [0.25, 0.3) is 0 Å². The van der Waals surface area contributed by atoms with E-state index in [1.54, 1.807) is 63.6 Å². The molecule has 0 aromatic heterocycles. The standard InChI is InChI=1S/C20H26N2O5S/c1-14(17-13-16(26-3)11-12-18(17)27-4)21-20(23)19(22(2)28(5,24)25)15-9-7-6-8-10-15/h6-14,19H,1-5H3,(H,21,23)/t14-,19+/m0/s1. The fraction of sp³-hybridized carbons (Fsp3) is 0.350. The van der Waals surface area contributed by atoms with Crippen molar-refractivity contribution in [2.45, 2.75) is 19.0 Å². The number of rotatable bonds is 8. The SMILES string of the molecule is COc1ccc(OC)c([C@H](C)NC(=O)[C@@H](c2ccccc2)N(C)S(C)(=O)=O)c1. The minimum Gasteiger partial charge on any atom is -0.497 e. The predicted molar refractivity (Wildman–Crippen MR) is 108 cm³/mol. The van der Waals surface area contributed by atoms with Gasteiger partial charge >= 0.3 is 0 Å². The molecule has 152 valence electrons. The van der Waals surface area contributed by atoms with Crippen LogP contribution in [0.5, 0.6) is 11.5 Å². The van der Waals surface area contributed by atoms with Gasteiger partial charge in [-0.15, -0.1) is 0 Å². The van der Waals surface area contributed by atoms with Crippen LogP contribution in [-0.4, -0.2) is 46.2 Å². The Morgan fingerprint density at radius 3 is 2.25 bits per heavy atom. The van der Waals surface area contributed by atoms with Gasteiger partial charge in [0.15, 0.2) is 0 Å². The van der Waals surface area contributed by atoms with Crippen molar-refractivity contribution in [3.63, 3.8) is 0 Å². The molecule has 0 spiro atoms. The molecule has 28 heavy (non-hydrogen) atoms. The van der Waals surface area contributed by atoms with Crippen LogP contribution in [0.2, 0.25) is 0 Å². The molecule has 0 saturated carbocycles. The number of benzene rings is 2. The summed E-state index contributed by atoms with van der Waals surface area (Å²) in [5, 5.41) is 2.89. The Bertz CT molecular complexity index is 915. The summed E-state index contributed by atoms with van der Waals surface area (Å²) >= 11 is 0. The summed E-state index contributed by atoms with van der Waals surface area (Å²) in [5.74, 6) is 0.794.